The standard InChI is InChI=1S/C26H34N2O2/c1-4-24(26(30)27-23-15-9-10-16-23)28(18-22-14-8-6-12-20(22)3)25(29)17-21-13-7-5-11-19(21)2/h5-8,11-14,23-24H,4,9-10,15-18H2,1-3H3,(H,27,30)/t24-/m1/s1. The first-order valence-electron chi connectivity index (χ1n) is 11.2. The second kappa shape index (κ2) is 10.4. The smallest absolute Gasteiger partial charge is 0.243 e. The third-order valence-electron chi connectivity index (χ3n) is 6.29. The van der Waals surface area contributed by atoms with E-state index in [4.69, 9.17) is 0 Å². The highest BCUT2D eigenvalue weighted by Crippen LogP contribution is 2.21. The molecule has 4 nitrogen and oxygen atoms in total. The number of aryl methyl sites for hydroxylation is 2. The lowest BCUT2D eigenvalue weighted by Crippen LogP contribution is -2.51. The van der Waals surface area contributed by atoms with Crippen LogP contribution >= 0.6 is 0 Å². The highest BCUT2D eigenvalue weighted by atomic mass is 16.2. The molecule has 1 fully saturated rings. The summed E-state index contributed by atoms with van der Waals surface area (Å²) in [6.45, 7) is 6.52. The van der Waals surface area contributed by atoms with Crippen molar-refractivity contribution in [1.82, 2.24) is 10.2 Å². The third-order valence-corrected chi connectivity index (χ3v) is 6.29. The molecule has 1 atom stereocenters. The second-order valence-electron chi connectivity index (χ2n) is 8.47. The number of carbonyl (C=O) groups excluding carboxylic acids is 2. The topological polar surface area (TPSA) is 49.4 Å². The monoisotopic (exact) mass is 406 g/mol. The van der Waals surface area contributed by atoms with Gasteiger partial charge in [0.1, 0.15) is 6.04 Å². The van der Waals surface area contributed by atoms with Gasteiger partial charge in [0.05, 0.1) is 6.42 Å². The van der Waals surface area contributed by atoms with Crippen molar-refractivity contribution in [3.63, 3.8) is 0 Å². The van der Waals surface area contributed by atoms with Crippen molar-refractivity contribution in [3.8, 4) is 0 Å². The SMILES string of the molecule is CC[C@H](C(=O)NC1CCCC1)N(Cc1ccccc1C)C(=O)Cc1ccccc1C. The average Bonchev–Trinajstić information content (AvgIpc) is 3.24. The summed E-state index contributed by atoms with van der Waals surface area (Å²) in [7, 11) is 0. The Morgan fingerprint density at radius 3 is 2.10 bits per heavy atom. The number of hydrogen-bond acceptors (Lipinski definition) is 2. The molecule has 2 amide bonds. The largest absolute Gasteiger partial charge is 0.352 e. The Kier molecular flexibility index (Phi) is 7.67. The second-order valence-corrected chi connectivity index (χ2v) is 8.47. The molecule has 0 radical (unpaired) electrons. The van der Waals surface area contributed by atoms with Crippen molar-refractivity contribution in [3.05, 3.63) is 70.8 Å². The van der Waals surface area contributed by atoms with E-state index in [1.54, 1.807) is 4.90 Å². The summed E-state index contributed by atoms with van der Waals surface area (Å²) in [6, 6.07) is 15.9. The van der Waals surface area contributed by atoms with Crippen LogP contribution in [0.4, 0.5) is 0 Å². The Morgan fingerprint density at radius 2 is 1.53 bits per heavy atom. The van der Waals surface area contributed by atoms with Gasteiger partial charge in [-0.05, 0) is 55.4 Å². The van der Waals surface area contributed by atoms with Crippen LogP contribution in [0.5, 0.6) is 0 Å². The molecule has 1 aliphatic carbocycles. The minimum Gasteiger partial charge on any atom is -0.352 e. The van der Waals surface area contributed by atoms with Crippen LogP contribution in [0.3, 0.4) is 0 Å². The van der Waals surface area contributed by atoms with Gasteiger partial charge in [-0.1, -0.05) is 68.3 Å². The average molecular weight is 407 g/mol. The fourth-order valence-corrected chi connectivity index (χ4v) is 4.33. The van der Waals surface area contributed by atoms with Crippen LogP contribution in [-0.4, -0.2) is 28.8 Å². The molecule has 1 aliphatic rings. The normalized spacial score (nSPS) is 15.0. The molecule has 0 heterocycles. The van der Waals surface area contributed by atoms with Crippen molar-refractivity contribution in [2.75, 3.05) is 0 Å². The minimum absolute atomic E-state index is 0.000903. The summed E-state index contributed by atoms with van der Waals surface area (Å²) in [6.07, 6.45) is 5.33. The Hall–Kier alpha value is -2.62. The van der Waals surface area contributed by atoms with Crippen molar-refractivity contribution in [2.45, 2.75) is 77.9 Å². The molecular weight excluding hydrogens is 372 g/mol. The Bertz CT molecular complexity index is 871. The van der Waals surface area contributed by atoms with E-state index in [1.165, 1.54) is 12.8 Å². The summed E-state index contributed by atoms with van der Waals surface area (Å²) in [5.41, 5.74) is 4.34. The number of rotatable bonds is 8. The molecule has 30 heavy (non-hydrogen) atoms. The summed E-state index contributed by atoms with van der Waals surface area (Å²) in [5.74, 6) is -0.0166. The van der Waals surface area contributed by atoms with Gasteiger partial charge in [0.25, 0.3) is 0 Å². The molecule has 0 spiro atoms. The van der Waals surface area contributed by atoms with Crippen LogP contribution in [0.15, 0.2) is 48.5 Å². The molecule has 0 aromatic heterocycles. The summed E-state index contributed by atoms with van der Waals surface area (Å²) < 4.78 is 0. The molecule has 2 aromatic carbocycles. The lowest BCUT2D eigenvalue weighted by Gasteiger charge is -2.32. The third kappa shape index (κ3) is 5.50. The molecule has 160 valence electrons. The zero-order chi connectivity index (χ0) is 21.5. The predicted molar refractivity (Wildman–Crippen MR) is 121 cm³/mol. The number of amides is 2. The summed E-state index contributed by atoms with van der Waals surface area (Å²) >= 11 is 0. The van der Waals surface area contributed by atoms with Gasteiger partial charge in [-0.15, -0.1) is 0 Å². The number of benzene rings is 2. The fourth-order valence-electron chi connectivity index (χ4n) is 4.33. The van der Waals surface area contributed by atoms with Gasteiger partial charge in [-0.3, -0.25) is 9.59 Å². The molecule has 4 heteroatoms. The van der Waals surface area contributed by atoms with Crippen molar-refractivity contribution in [1.29, 1.82) is 0 Å². The predicted octanol–water partition coefficient (Wildman–Crippen LogP) is 4.71. The Labute approximate surface area is 180 Å². The first-order chi connectivity index (χ1) is 14.5. The van der Waals surface area contributed by atoms with Crippen LogP contribution < -0.4 is 5.32 Å². The van der Waals surface area contributed by atoms with Crippen LogP contribution in [0.1, 0.15) is 61.3 Å². The van der Waals surface area contributed by atoms with E-state index in [0.717, 1.165) is 35.1 Å². The van der Waals surface area contributed by atoms with E-state index in [2.05, 4.69) is 18.3 Å². The molecule has 2 aromatic rings. The summed E-state index contributed by atoms with van der Waals surface area (Å²) in [4.78, 5) is 28.4. The fraction of sp³-hybridized carbons (Fsp3) is 0.462. The maximum absolute atomic E-state index is 13.5. The number of carbonyl (C=O) groups is 2. The van der Waals surface area contributed by atoms with E-state index in [9.17, 15) is 9.59 Å². The van der Waals surface area contributed by atoms with Gasteiger partial charge in [0.15, 0.2) is 0 Å². The van der Waals surface area contributed by atoms with Gasteiger partial charge in [0.2, 0.25) is 11.8 Å². The van der Waals surface area contributed by atoms with Crippen molar-refractivity contribution >= 4 is 11.8 Å². The number of hydrogen-bond donors (Lipinski definition) is 1. The van der Waals surface area contributed by atoms with Crippen LogP contribution in [0.2, 0.25) is 0 Å². The van der Waals surface area contributed by atoms with E-state index >= 15 is 0 Å². The first kappa shape index (κ1) is 22.1. The van der Waals surface area contributed by atoms with Crippen molar-refractivity contribution in [2.24, 2.45) is 0 Å². The van der Waals surface area contributed by atoms with E-state index in [-0.39, 0.29) is 17.9 Å². The quantitative estimate of drug-likeness (QED) is 0.690. The molecular formula is C26H34N2O2. The number of nitrogens with zero attached hydrogens (tertiary/aromatic N) is 1. The van der Waals surface area contributed by atoms with Gasteiger partial charge in [0, 0.05) is 12.6 Å². The molecule has 0 bridgehead atoms. The minimum atomic E-state index is -0.457. The van der Waals surface area contributed by atoms with Gasteiger partial charge in [-0.2, -0.15) is 0 Å². The zero-order valence-corrected chi connectivity index (χ0v) is 18.5. The Morgan fingerprint density at radius 1 is 0.967 bits per heavy atom. The maximum Gasteiger partial charge on any atom is 0.243 e. The first-order valence-corrected chi connectivity index (χ1v) is 11.2. The van der Waals surface area contributed by atoms with Gasteiger partial charge >= 0.3 is 0 Å². The lowest BCUT2D eigenvalue weighted by atomic mass is 10.0. The molecule has 0 unspecified atom stereocenters. The van der Waals surface area contributed by atoms with Crippen LogP contribution in [-0.2, 0) is 22.6 Å². The molecule has 3 rings (SSSR count). The summed E-state index contributed by atoms with van der Waals surface area (Å²) in [5, 5.41) is 3.21. The Balaban J connectivity index is 1.84. The van der Waals surface area contributed by atoms with Crippen LogP contribution in [0.25, 0.3) is 0 Å². The number of nitrogens with one attached hydrogen (secondary N) is 1. The van der Waals surface area contributed by atoms with E-state index in [1.807, 2.05) is 56.3 Å². The zero-order valence-electron chi connectivity index (χ0n) is 18.5. The molecule has 1 N–H and O–H groups in total. The molecule has 1 saturated carbocycles. The highest BCUT2D eigenvalue weighted by molar-refractivity contribution is 5.88. The van der Waals surface area contributed by atoms with Gasteiger partial charge in [-0.25, -0.2) is 0 Å². The van der Waals surface area contributed by atoms with Gasteiger partial charge < -0.3 is 10.2 Å². The lowest BCUT2D eigenvalue weighted by molar-refractivity contribution is -0.141. The van der Waals surface area contributed by atoms with E-state index < -0.39 is 6.04 Å². The molecule has 0 aliphatic heterocycles. The highest BCUT2D eigenvalue weighted by Gasteiger charge is 2.30. The van der Waals surface area contributed by atoms with Crippen molar-refractivity contribution < 1.29 is 9.59 Å². The van der Waals surface area contributed by atoms with Crippen LogP contribution in [0, 0.1) is 13.8 Å². The maximum atomic E-state index is 13.5. The van der Waals surface area contributed by atoms with E-state index in [0.29, 0.717) is 19.4 Å². The molecule has 0 saturated heterocycles.